The maximum absolute atomic E-state index is 12.6. The molecule has 0 saturated carbocycles. The van der Waals surface area contributed by atoms with Crippen molar-refractivity contribution >= 4 is 28.3 Å². The SMILES string of the molecule is Cc1cnc(NC(=O)[C@@H]2OCC(=O)N(C)[C@@H]2c2ccccc2)s1. The molecule has 1 saturated heterocycles. The van der Waals surface area contributed by atoms with Crippen molar-refractivity contribution in [3.63, 3.8) is 0 Å². The van der Waals surface area contributed by atoms with Crippen LogP contribution in [-0.2, 0) is 14.3 Å². The molecule has 2 amide bonds. The Balaban J connectivity index is 1.85. The Morgan fingerprint density at radius 3 is 2.78 bits per heavy atom. The van der Waals surface area contributed by atoms with E-state index in [1.54, 1.807) is 18.1 Å². The van der Waals surface area contributed by atoms with Gasteiger partial charge in [-0.3, -0.25) is 14.9 Å². The van der Waals surface area contributed by atoms with Crippen molar-refractivity contribution in [2.75, 3.05) is 19.0 Å². The second kappa shape index (κ2) is 6.47. The molecule has 2 heterocycles. The smallest absolute Gasteiger partial charge is 0.257 e. The van der Waals surface area contributed by atoms with Gasteiger partial charge < -0.3 is 9.64 Å². The highest BCUT2D eigenvalue weighted by molar-refractivity contribution is 7.15. The number of nitrogens with zero attached hydrogens (tertiary/aromatic N) is 2. The van der Waals surface area contributed by atoms with E-state index < -0.39 is 12.1 Å². The van der Waals surface area contributed by atoms with Gasteiger partial charge in [-0.1, -0.05) is 30.3 Å². The number of hydrogen-bond donors (Lipinski definition) is 1. The van der Waals surface area contributed by atoms with Gasteiger partial charge in [0, 0.05) is 18.1 Å². The fourth-order valence-electron chi connectivity index (χ4n) is 2.57. The van der Waals surface area contributed by atoms with Crippen LogP contribution >= 0.6 is 11.3 Å². The number of rotatable bonds is 3. The van der Waals surface area contributed by atoms with Crippen molar-refractivity contribution in [3.8, 4) is 0 Å². The molecule has 1 aromatic heterocycles. The molecule has 120 valence electrons. The van der Waals surface area contributed by atoms with E-state index in [1.807, 2.05) is 37.3 Å². The van der Waals surface area contributed by atoms with E-state index in [-0.39, 0.29) is 18.4 Å². The van der Waals surface area contributed by atoms with E-state index in [2.05, 4.69) is 10.3 Å². The number of aryl methyl sites for hydroxylation is 1. The highest BCUT2D eigenvalue weighted by atomic mass is 32.1. The molecule has 0 aliphatic carbocycles. The summed E-state index contributed by atoms with van der Waals surface area (Å²) < 4.78 is 5.54. The third kappa shape index (κ3) is 3.25. The Hall–Kier alpha value is -2.25. The molecule has 0 spiro atoms. The third-order valence-electron chi connectivity index (χ3n) is 3.73. The molecular weight excluding hydrogens is 314 g/mol. The number of morpholine rings is 1. The van der Waals surface area contributed by atoms with E-state index in [0.717, 1.165) is 10.4 Å². The van der Waals surface area contributed by atoms with Gasteiger partial charge in [-0.25, -0.2) is 4.98 Å². The second-order valence-corrected chi connectivity index (χ2v) is 6.59. The Morgan fingerprint density at radius 1 is 1.39 bits per heavy atom. The van der Waals surface area contributed by atoms with Crippen LogP contribution in [0.1, 0.15) is 16.5 Å². The summed E-state index contributed by atoms with van der Waals surface area (Å²) in [4.78, 5) is 31.3. The molecule has 1 aromatic carbocycles. The quantitative estimate of drug-likeness (QED) is 0.934. The lowest BCUT2D eigenvalue weighted by Crippen LogP contribution is -2.51. The highest BCUT2D eigenvalue weighted by Crippen LogP contribution is 2.30. The summed E-state index contributed by atoms with van der Waals surface area (Å²) in [5.41, 5.74) is 0.860. The lowest BCUT2D eigenvalue weighted by atomic mass is 9.98. The van der Waals surface area contributed by atoms with Crippen LogP contribution in [0.4, 0.5) is 5.13 Å². The van der Waals surface area contributed by atoms with Gasteiger partial charge in [-0.15, -0.1) is 11.3 Å². The van der Waals surface area contributed by atoms with Crippen molar-refractivity contribution in [1.29, 1.82) is 0 Å². The molecule has 6 nitrogen and oxygen atoms in total. The number of carbonyl (C=O) groups is 2. The van der Waals surface area contributed by atoms with E-state index >= 15 is 0 Å². The summed E-state index contributed by atoms with van der Waals surface area (Å²) in [6, 6.07) is 8.96. The van der Waals surface area contributed by atoms with Gasteiger partial charge in [0.1, 0.15) is 6.61 Å². The van der Waals surface area contributed by atoms with Crippen LogP contribution in [0.15, 0.2) is 36.5 Å². The number of thiazole rings is 1. The number of aromatic nitrogens is 1. The summed E-state index contributed by atoms with van der Waals surface area (Å²) in [5.74, 6) is -0.444. The first-order valence-corrected chi connectivity index (χ1v) is 8.03. The summed E-state index contributed by atoms with van der Waals surface area (Å²) in [7, 11) is 1.69. The summed E-state index contributed by atoms with van der Waals surface area (Å²) in [6.07, 6.45) is 0.927. The van der Waals surface area contributed by atoms with Gasteiger partial charge in [0.05, 0.1) is 6.04 Å². The molecule has 2 aromatic rings. The fraction of sp³-hybridized carbons (Fsp3) is 0.312. The van der Waals surface area contributed by atoms with Crippen molar-refractivity contribution in [2.24, 2.45) is 0 Å². The minimum absolute atomic E-state index is 0.102. The zero-order valence-electron chi connectivity index (χ0n) is 12.9. The summed E-state index contributed by atoms with van der Waals surface area (Å²) in [6.45, 7) is 1.82. The Bertz CT molecular complexity index is 716. The van der Waals surface area contributed by atoms with Gasteiger partial charge in [0.2, 0.25) is 5.91 Å². The van der Waals surface area contributed by atoms with E-state index in [1.165, 1.54) is 11.3 Å². The van der Waals surface area contributed by atoms with Gasteiger partial charge in [0.25, 0.3) is 5.91 Å². The number of likely N-dealkylation sites (N-methyl/N-ethyl adjacent to an activating group) is 1. The second-order valence-electron chi connectivity index (χ2n) is 5.36. The van der Waals surface area contributed by atoms with Crippen molar-refractivity contribution < 1.29 is 14.3 Å². The number of carbonyl (C=O) groups excluding carboxylic acids is 2. The van der Waals surface area contributed by atoms with E-state index in [4.69, 9.17) is 4.74 Å². The standard InChI is InChI=1S/C16H17N3O3S/c1-10-8-17-16(23-10)18-15(21)14-13(11-6-4-3-5-7-11)19(2)12(20)9-22-14/h3-8,13-14H,9H2,1-2H3,(H,17,18,21)/t13-,14-/m1/s1. The van der Waals surface area contributed by atoms with Crippen LogP contribution in [-0.4, -0.2) is 41.5 Å². The number of anilines is 1. The highest BCUT2D eigenvalue weighted by Gasteiger charge is 2.40. The lowest BCUT2D eigenvalue weighted by Gasteiger charge is -2.38. The Morgan fingerprint density at radius 2 is 2.13 bits per heavy atom. The van der Waals surface area contributed by atoms with Crippen LogP contribution in [0, 0.1) is 6.92 Å². The molecule has 0 unspecified atom stereocenters. The van der Waals surface area contributed by atoms with Gasteiger partial charge in [-0.2, -0.15) is 0 Å². The van der Waals surface area contributed by atoms with Crippen molar-refractivity contribution in [3.05, 3.63) is 47.0 Å². The van der Waals surface area contributed by atoms with Crippen LogP contribution in [0.5, 0.6) is 0 Å². The molecule has 2 atom stereocenters. The predicted molar refractivity (Wildman–Crippen MR) is 87.2 cm³/mol. The summed E-state index contributed by atoms with van der Waals surface area (Å²) >= 11 is 1.40. The zero-order valence-corrected chi connectivity index (χ0v) is 13.7. The molecule has 23 heavy (non-hydrogen) atoms. The van der Waals surface area contributed by atoms with Gasteiger partial charge in [-0.05, 0) is 12.5 Å². The predicted octanol–water partition coefficient (Wildman–Crippen LogP) is 1.99. The minimum atomic E-state index is -0.774. The number of hydrogen-bond acceptors (Lipinski definition) is 5. The maximum atomic E-state index is 12.6. The van der Waals surface area contributed by atoms with Crippen molar-refractivity contribution in [1.82, 2.24) is 9.88 Å². The average molecular weight is 331 g/mol. The Kier molecular flexibility index (Phi) is 4.40. The number of ether oxygens (including phenoxy) is 1. The van der Waals surface area contributed by atoms with E-state index in [0.29, 0.717) is 5.13 Å². The van der Waals surface area contributed by atoms with Crippen LogP contribution in [0.2, 0.25) is 0 Å². The lowest BCUT2D eigenvalue weighted by molar-refractivity contribution is -0.160. The van der Waals surface area contributed by atoms with E-state index in [9.17, 15) is 9.59 Å². The molecule has 1 N–H and O–H groups in total. The van der Waals surface area contributed by atoms with Gasteiger partial charge in [0.15, 0.2) is 11.2 Å². The van der Waals surface area contributed by atoms with Crippen LogP contribution in [0.25, 0.3) is 0 Å². The fourth-order valence-corrected chi connectivity index (χ4v) is 3.24. The van der Waals surface area contributed by atoms with Gasteiger partial charge >= 0.3 is 0 Å². The number of nitrogens with one attached hydrogen (secondary N) is 1. The zero-order chi connectivity index (χ0) is 16.4. The molecule has 1 aliphatic rings. The molecule has 1 aliphatic heterocycles. The molecule has 7 heteroatoms. The maximum Gasteiger partial charge on any atom is 0.257 e. The van der Waals surface area contributed by atoms with Crippen LogP contribution in [0.3, 0.4) is 0 Å². The monoisotopic (exact) mass is 331 g/mol. The minimum Gasteiger partial charge on any atom is -0.356 e. The summed E-state index contributed by atoms with van der Waals surface area (Å²) in [5, 5.41) is 3.30. The van der Waals surface area contributed by atoms with Crippen LogP contribution < -0.4 is 5.32 Å². The molecular formula is C16H17N3O3S. The number of amides is 2. The first kappa shape index (κ1) is 15.6. The third-order valence-corrected chi connectivity index (χ3v) is 4.56. The number of benzene rings is 1. The normalized spacial score (nSPS) is 21.3. The molecule has 3 rings (SSSR count). The average Bonchev–Trinajstić information content (AvgIpc) is 2.95. The molecule has 0 radical (unpaired) electrons. The first-order valence-electron chi connectivity index (χ1n) is 7.22. The largest absolute Gasteiger partial charge is 0.356 e. The molecule has 1 fully saturated rings. The Labute approximate surface area is 138 Å². The van der Waals surface area contributed by atoms with Crippen molar-refractivity contribution in [2.45, 2.75) is 19.1 Å². The molecule has 0 bridgehead atoms. The topological polar surface area (TPSA) is 71.5 Å². The first-order chi connectivity index (χ1) is 11.1.